The van der Waals surface area contributed by atoms with Gasteiger partial charge in [0.25, 0.3) is 0 Å². The number of nitrogens with zero attached hydrogens (tertiary/aromatic N) is 1. The highest BCUT2D eigenvalue weighted by Crippen LogP contribution is 2.70. The van der Waals surface area contributed by atoms with Gasteiger partial charge in [0, 0.05) is 23.2 Å². The predicted molar refractivity (Wildman–Crippen MR) is 109 cm³/mol. The van der Waals surface area contributed by atoms with Crippen molar-refractivity contribution in [1.29, 1.82) is 0 Å². The van der Waals surface area contributed by atoms with E-state index in [9.17, 15) is 18.8 Å². The van der Waals surface area contributed by atoms with E-state index in [2.05, 4.69) is 0 Å². The van der Waals surface area contributed by atoms with Crippen LogP contribution in [0.4, 0.5) is 10.1 Å². The fourth-order valence-corrected chi connectivity index (χ4v) is 6.49. The second kappa shape index (κ2) is 6.05. The molecular formula is C23H28FN3O3. The highest BCUT2D eigenvalue weighted by atomic mass is 19.1. The van der Waals surface area contributed by atoms with Gasteiger partial charge in [0.1, 0.15) is 5.67 Å². The van der Waals surface area contributed by atoms with Crippen molar-refractivity contribution < 1.29 is 18.8 Å². The van der Waals surface area contributed by atoms with Gasteiger partial charge in [-0.25, -0.2) is 4.39 Å². The summed E-state index contributed by atoms with van der Waals surface area (Å²) in [5.74, 6) is -0.799. The van der Waals surface area contributed by atoms with E-state index in [1.165, 1.54) is 0 Å². The monoisotopic (exact) mass is 413 g/mol. The summed E-state index contributed by atoms with van der Waals surface area (Å²) in [6.07, 6.45) is 5.67. The van der Waals surface area contributed by atoms with Crippen molar-refractivity contribution in [3.63, 3.8) is 0 Å². The first-order valence-electron chi connectivity index (χ1n) is 10.8. The average Bonchev–Trinajstić information content (AvgIpc) is 2.70. The molecule has 7 rings (SSSR count). The highest BCUT2D eigenvalue weighted by Gasteiger charge is 2.73. The van der Waals surface area contributed by atoms with E-state index in [1.807, 2.05) is 6.07 Å². The first kappa shape index (κ1) is 19.5. The molecule has 30 heavy (non-hydrogen) atoms. The number of hydrogen-bond acceptors (Lipinski definition) is 3. The van der Waals surface area contributed by atoms with Crippen molar-refractivity contribution in [3.05, 3.63) is 29.8 Å². The molecule has 0 atom stereocenters. The van der Waals surface area contributed by atoms with E-state index in [4.69, 9.17) is 11.5 Å². The SMILES string of the molecule is NC(=O)c1cccc(N(CC23CCC(C(N)=O)(CC2)CC3)C(=O)C23CC(F)(C2)C3)c1. The number of anilines is 1. The van der Waals surface area contributed by atoms with Gasteiger partial charge < -0.3 is 16.4 Å². The van der Waals surface area contributed by atoms with Gasteiger partial charge in [0.2, 0.25) is 17.7 Å². The Hall–Kier alpha value is -2.44. The fraction of sp³-hybridized carbons (Fsp3) is 0.609. The van der Waals surface area contributed by atoms with E-state index in [0.29, 0.717) is 37.1 Å². The predicted octanol–water partition coefficient (Wildman–Crippen LogP) is 2.84. The van der Waals surface area contributed by atoms with Crippen molar-refractivity contribution >= 4 is 23.4 Å². The molecule has 0 radical (unpaired) electrons. The number of benzene rings is 1. The molecule has 4 N–H and O–H groups in total. The zero-order chi connectivity index (χ0) is 21.4. The maximum absolute atomic E-state index is 14.2. The zero-order valence-corrected chi connectivity index (χ0v) is 17.1. The third-order valence-corrected chi connectivity index (χ3v) is 8.52. The Morgan fingerprint density at radius 3 is 2.03 bits per heavy atom. The Morgan fingerprint density at radius 1 is 0.933 bits per heavy atom. The second-order valence-electron chi connectivity index (χ2n) is 10.4. The lowest BCUT2D eigenvalue weighted by Crippen LogP contribution is -2.71. The van der Waals surface area contributed by atoms with Crippen LogP contribution in [0.2, 0.25) is 0 Å². The molecule has 0 heterocycles. The van der Waals surface area contributed by atoms with Crippen LogP contribution in [0, 0.1) is 16.2 Å². The lowest BCUT2D eigenvalue weighted by atomic mass is 9.41. The van der Waals surface area contributed by atoms with Crippen LogP contribution in [0.1, 0.15) is 68.1 Å². The molecule has 160 valence electrons. The first-order valence-corrected chi connectivity index (χ1v) is 10.8. The molecule has 3 amide bonds. The molecule has 1 aromatic carbocycles. The Kier molecular flexibility index (Phi) is 3.94. The molecule has 0 saturated heterocycles. The molecule has 6 aliphatic carbocycles. The van der Waals surface area contributed by atoms with Gasteiger partial charge in [0.05, 0.1) is 5.41 Å². The van der Waals surface area contributed by atoms with Crippen LogP contribution in [-0.4, -0.2) is 29.9 Å². The minimum absolute atomic E-state index is 0.0460. The molecule has 0 spiro atoms. The summed E-state index contributed by atoms with van der Waals surface area (Å²) < 4.78 is 14.2. The van der Waals surface area contributed by atoms with Crippen LogP contribution >= 0.6 is 0 Å². The van der Waals surface area contributed by atoms with E-state index >= 15 is 0 Å². The summed E-state index contributed by atoms with van der Waals surface area (Å²) in [6, 6.07) is 6.84. The average molecular weight is 413 g/mol. The summed E-state index contributed by atoms with van der Waals surface area (Å²) >= 11 is 0. The van der Waals surface area contributed by atoms with E-state index in [1.54, 1.807) is 23.1 Å². The molecule has 0 aromatic heterocycles. The molecule has 1 aromatic rings. The standard InChI is InChI=1S/C23H28FN3O3/c24-23-11-22(12-23,13-23)19(30)27(16-3-1-2-15(10-16)17(25)28)14-20-4-7-21(8-5-20,9-6-20)18(26)29/h1-3,10H,4-9,11-14H2,(H2,25,28)(H2,26,29). The van der Waals surface area contributed by atoms with Crippen LogP contribution < -0.4 is 16.4 Å². The molecular weight excluding hydrogens is 385 g/mol. The van der Waals surface area contributed by atoms with Gasteiger partial charge in [-0.05, 0) is 81.4 Å². The lowest BCUT2D eigenvalue weighted by Gasteiger charge is -2.65. The second-order valence-corrected chi connectivity index (χ2v) is 10.4. The van der Waals surface area contributed by atoms with E-state index < -0.39 is 22.4 Å². The third-order valence-electron chi connectivity index (χ3n) is 8.52. The number of amides is 3. The first-order chi connectivity index (χ1) is 14.1. The number of primary amides is 2. The van der Waals surface area contributed by atoms with Gasteiger partial charge in [-0.2, -0.15) is 0 Å². The van der Waals surface area contributed by atoms with Crippen molar-refractivity contribution in [2.75, 3.05) is 11.4 Å². The molecule has 6 saturated carbocycles. The molecule has 7 heteroatoms. The molecule has 6 nitrogen and oxygen atoms in total. The quantitative estimate of drug-likeness (QED) is 0.749. The van der Waals surface area contributed by atoms with Crippen LogP contribution in [0.25, 0.3) is 0 Å². The minimum atomic E-state index is -1.16. The van der Waals surface area contributed by atoms with Gasteiger partial charge in [0.15, 0.2) is 0 Å². The number of halogens is 1. The number of alkyl halides is 1. The summed E-state index contributed by atoms with van der Waals surface area (Å²) in [5.41, 5.74) is 9.90. The molecule has 0 aliphatic heterocycles. The van der Waals surface area contributed by atoms with Crippen LogP contribution in [0.15, 0.2) is 24.3 Å². The topological polar surface area (TPSA) is 106 Å². The van der Waals surface area contributed by atoms with Gasteiger partial charge in [-0.3, -0.25) is 14.4 Å². The van der Waals surface area contributed by atoms with E-state index in [-0.39, 0.29) is 17.2 Å². The Bertz CT molecular complexity index is 914. The number of rotatable bonds is 6. The van der Waals surface area contributed by atoms with Crippen LogP contribution in [0.5, 0.6) is 0 Å². The van der Waals surface area contributed by atoms with Gasteiger partial charge in [-0.1, -0.05) is 6.07 Å². The Balaban J connectivity index is 1.44. The van der Waals surface area contributed by atoms with Crippen molar-refractivity contribution in [3.8, 4) is 0 Å². The normalized spacial score (nSPS) is 38.3. The maximum atomic E-state index is 14.2. The smallest absolute Gasteiger partial charge is 0.248 e. The number of fused-ring (bicyclic) bond motifs is 3. The van der Waals surface area contributed by atoms with Crippen molar-refractivity contribution in [2.24, 2.45) is 27.7 Å². The fourth-order valence-electron chi connectivity index (χ4n) is 6.49. The number of carbonyl (C=O) groups is 3. The van der Waals surface area contributed by atoms with Gasteiger partial charge in [-0.15, -0.1) is 0 Å². The van der Waals surface area contributed by atoms with Crippen LogP contribution in [0.3, 0.4) is 0 Å². The molecule has 4 bridgehead atoms. The summed E-state index contributed by atoms with van der Waals surface area (Å²) in [6.45, 7) is 0.518. The molecule has 0 unspecified atom stereocenters. The lowest BCUT2D eigenvalue weighted by molar-refractivity contribution is -0.211. The molecule has 6 fully saturated rings. The number of carbonyl (C=O) groups excluding carboxylic acids is 3. The maximum Gasteiger partial charge on any atom is 0.248 e. The number of nitrogens with two attached hydrogens (primary N) is 2. The largest absolute Gasteiger partial charge is 0.369 e. The minimum Gasteiger partial charge on any atom is -0.369 e. The summed E-state index contributed by atoms with van der Waals surface area (Å²) in [7, 11) is 0. The summed E-state index contributed by atoms with van der Waals surface area (Å²) in [5, 5.41) is 0. The third kappa shape index (κ3) is 2.70. The van der Waals surface area contributed by atoms with Gasteiger partial charge >= 0.3 is 0 Å². The highest BCUT2D eigenvalue weighted by molar-refractivity contribution is 6.01. The van der Waals surface area contributed by atoms with E-state index in [0.717, 1.165) is 38.5 Å². The Labute approximate surface area is 175 Å². The zero-order valence-electron chi connectivity index (χ0n) is 17.1. The van der Waals surface area contributed by atoms with Crippen molar-refractivity contribution in [1.82, 2.24) is 0 Å². The Morgan fingerprint density at radius 2 is 1.53 bits per heavy atom. The van der Waals surface area contributed by atoms with Crippen molar-refractivity contribution in [2.45, 2.75) is 63.5 Å². The number of hydrogen-bond donors (Lipinski definition) is 2. The van der Waals surface area contributed by atoms with Crippen LogP contribution in [-0.2, 0) is 9.59 Å². The molecule has 6 aliphatic rings. The summed E-state index contributed by atoms with van der Waals surface area (Å²) in [4.78, 5) is 39.0.